The van der Waals surface area contributed by atoms with Crippen LogP contribution >= 0.6 is 12.4 Å². The molecule has 2 atom stereocenters. The van der Waals surface area contributed by atoms with Crippen molar-refractivity contribution in [3.05, 3.63) is 17.5 Å². The number of hydrogen-bond donors (Lipinski definition) is 1. The molecule has 0 radical (unpaired) electrons. The zero-order chi connectivity index (χ0) is 10.8. The average Bonchev–Trinajstić information content (AvgIpc) is 2.67. The van der Waals surface area contributed by atoms with Crippen molar-refractivity contribution in [3.63, 3.8) is 0 Å². The molecule has 1 aliphatic rings. The molecule has 4 nitrogen and oxygen atoms in total. The van der Waals surface area contributed by atoms with E-state index in [-0.39, 0.29) is 17.7 Å². The van der Waals surface area contributed by atoms with Gasteiger partial charge in [0, 0.05) is 17.9 Å². The quantitative estimate of drug-likeness (QED) is 0.807. The molecule has 0 amide bonds. The number of aryl methyl sites for hydroxylation is 2. The summed E-state index contributed by atoms with van der Waals surface area (Å²) < 4.78 is 12.1. The van der Waals surface area contributed by atoms with E-state index in [2.05, 4.69) is 15.3 Å². The number of halogens is 1. The van der Waals surface area contributed by atoms with Crippen molar-refractivity contribution in [1.82, 2.24) is 15.3 Å². The van der Waals surface area contributed by atoms with Crippen molar-refractivity contribution >= 4 is 23.2 Å². The van der Waals surface area contributed by atoms with E-state index in [1.54, 1.807) is 0 Å². The molecule has 1 saturated heterocycles. The SMILES string of the molecule is Cc1cc(C)nc(S(=O)[C@H]2CCNC2)n1.Cl. The minimum absolute atomic E-state index is 0. The Hall–Kier alpha value is -0.520. The molecule has 2 heterocycles. The van der Waals surface area contributed by atoms with Crippen LogP contribution in [-0.2, 0) is 10.8 Å². The van der Waals surface area contributed by atoms with Gasteiger partial charge < -0.3 is 5.32 Å². The Balaban J connectivity index is 0.00000128. The zero-order valence-electron chi connectivity index (χ0n) is 9.40. The van der Waals surface area contributed by atoms with Gasteiger partial charge in [-0.2, -0.15) is 0 Å². The Morgan fingerprint density at radius 2 is 2.00 bits per heavy atom. The highest BCUT2D eigenvalue weighted by molar-refractivity contribution is 7.85. The first-order chi connectivity index (χ1) is 7.16. The summed E-state index contributed by atoms with van der Waals surface area (Å²) in [5.74, 6) is 0. The van der Waals surface area contributed by atoms with E-state index in [4.69, 9.17) is 0 Å². The van der Waals surface area contributed by atoms with Crippen LogP contribution in [-0.4, -0.2) is 32.5 Å². The summed E-state index contributed by atoms with van der Waals surface area (Å²) in [4.78, 5) is 8.48. The molecule has 2 rings (SSSR count). The summed E-state index contributed by atoms with van der Waals surface area (Å²) in [6.45, 7) is 5.56. The lowest BCUT2D eigenvalue weighted by atomic mass is 10.4. The van der Waals surface area contributed by atoms with Crippen LogP contribution in [0.15, 0.2) is 11.2 Å². The molecule has 1 fully saturated rings. The molecule has 0 bridgehead atoms. The van der Waals surface area contributed by atoms with Gasteiger partial charge in [-0.1, -0.05) is 0 Å². The predicted octanol–water partition coefficient (Wildman–Crippen LogP) is 0.985. The highest BCUT2D eigenvalue weighted by Crippen LogP contribution is 2.13. The van der Waals surface area contributed by atoms with Crippen LogP contribution in [0.1, 0.15) is 17.8 Å². The monoisotopic (exact) mass is 261 g/mol. The molecule has 1 N–H and O–H groups in total. The fraction of sp³-hybridized carbons (Fsp3) is 0.600. The Bertz CT molecular complexity index is 373. The number of nitrogens with one attached hydrogen (secondary N) is 1. The highest BCUT2D eigenvalue weighted by atomic mass is 35.5. The Kier molecular flexibility index (Phi) is 4.83. The molecule has 1 unspecified atom stereocenters. The van der Waals surface area contributed by atoms with Crippen molar-refractivity contribution in [2.75, 3.05) is 13.1 Å². The van der Waals surface area contributed by atoms with Crippen molar-refractivity contribution in [2.24, 2.45) is 0 Å². The van der Waals surface area contributed by atoms with Crippen LogP contribution in [0.2, 0.25) is 0 Å². The minimum atomic E-state index is -1.06. The summed E-state index contributed by atoms with van der Waals surface area (Å²) in [6.07, 6.45) is 0.947. The van der Waals surface area contributed by atoms with Gasteiger partial charge in [0.25, 0.3) is 0 Å². The lowest BCUT2D eigenvalue weighted by Gasteiger charge is -2.07. The van der Waals surface area contributed by atoms with Crippen LogP contribution < -0.4 is 5.32 Å². The zero-order valence-corrected chi connectivity index (χ0v) is 11.0. The molecule has 0 spiro atoms. The van der Waals surface area contributed by atoms with Gasteiger partial charge in [0.1, 0.15) is 0 Å². The van der Waals surface area contributed by atoms with Crippen molar-refractivity contribution in [3.8, 4) is 0 Å². The molecule has 0 saturated carbocycles. The van der Waals surface area contributed by atoms with Crippen LogP contribution in [0.25, 0.3) is 0 Å². The molecule has 1 aromatic heterocycles. The Morgan fingerprint density at radius 1 is 1.38 bits per heavy atom. The van der Waals surface area contributed by atoms with E-state index in [1.807, 2.05) is 19.9 Å². The first-order valence-corrected chi connectivity index (χ1v) is 6.31. The largest absolute Gasteiger partial charge is 0.315 e. The second kappa shape index (κ2) is 5.70. The molecule has 16 heavy (non-hydrogen) atoms. The second-order valence-corrected chi connectivity index (χ2v) is 5.47. The third-order valence-corrected chi connectivity index (χ3v) is 4.01. The molecule has 0 aliphatic carbocycles. The molecule has 0 aromatic carbocycles. The second-order valence-electron chi connectivity index (χ2n) is 3.85. The summed E-state index contributed by atoms with van der Waals surface area (Å²) in [6, 6.07) is 1.90. The lowest BCUT2D eigenvalue weighted by Crippen LogP contribution is -2.20. The molecule has 1 aliphatic heterocycles. The summed E-state index contributed by atoms with van der Waals surface area (Å²) in [5, 5.41) is 3.86. The maximum atomic E-state index is 12.1. The summed E-state index contributed by atoms with van der Waals surface area (Å²) in [5.41, 5.74) is 1.77. The molecule has 1 aromatic rings. The van der Waals surface area contributed by atoms with E-state index in [0.29, 0.717) is 5.16 Å². The van der Waals surface area contributed by atoms with Gasteiger partial charge in [0.2, 0.25) is 5.16 Å². The van der Waals surface area contributed by atoms with Crippen LogP contribution in [0, 0.1) is 13.8 Å². The maximum Gasteiger partial charge on any atom is 0.219 e. The highest BCUT2D eigenvalue weighted by Gasteiger charge is 2.24. The average molecular weight is 262 g/mol. The number of aromatic nitrogens is 2. The van der Waals surface area contributed by atoms with Gasteiger partial charge in [0.05, 0.1) is 16.0 Å². The van der Waals surface area contributed by atoms with E-state index >= 15 is 0 Å². The standard InChI is InChI=1S/C10H15N3OS.ClH/c1-7-5-8(2)13-10(12-7)15(14)9-3-4-11-6-9;/h5,9,11H,3-4,6H2,1-2H3;1H/t9-,15?;/m0./s1. The summed E-state index contributed by atoms with van der Waals surface area (Å²) in [7, 11) is -1.06. The van der Waals surface area contributed by atoms with Gasteiger partial charge in [-0.25, -0.2) is 9.97 Å². The van der Waals surface area contributed by atoms with Crippen molar-refractivity contribution in [2.45, 2.75) is 30.7 Å². The lowest BCUT2D eigenvalue weighted by molar-refractivity contribution is 0.662. The molecular formula is C10H16ClN3OS. The van der Waals surface area contributed by atoms with Crippen molar-refractivity contribution in [1.29, 1.82) is 0 Å². The Morgan fingerprint density at radius 3 is 2.50 bits per heavy atom. The molecule has 6 heteroatoms. The first kappa shape index (κ1) is 13.5. The number of rotatable bonds is 2. The fourth-order valence-electron chi connectivity index (χ4n) is 1.74. The topological polar surface area (TPSA) is 54.9 Å². The smallest absolute Gasteiger partial charge is 0.219 e. The van der Waals surface area contributed by atoms with E-state index in [1.165, 1.54) is 0 Å². The molecule has 90 valence electrons. The third kappa shape index (κ3) is 2.99. The van der Waals surface area contributed by atoms with E-state index < -0.39 is 10.8 Å². The normalized spacial score (nSPS) is 21.5. The fourth-order valence-corrected chi connectivity index (χ4v) is 3.11. The predicted molar refractivity (Wildman–Crippen MR) is 66.4 cm³/mol. The van der Waals surface area contributed by atoms with Gasteiger partial charge in [-0.05, 0) is 32.9 Å². The van der Waals surface area contributed by atoms with Gasteiger partial charge in [0.15, 0.2) is 0 Å². The van der Waals surface area contributed by atoms with Gasteiger partial charge in [-0.15, -0.1) is 12.4 Å². The minimum Gasteiger partial charge on any atom is -0.315 e. The van der Waals surface area contributed by atoms with E-state index in [0.717, 1.165) is 30.9 Å². The van der Waals surface area contributed by atoms with Crippen LogP contribution in [0.4, 0.5) is 0 Å². The summed E-state index contributed by atoms with van der Waals surface area (Å²) >= 11 is 0. The first-order valence-electron chi connectivity index (χ1n) is 5.10. The maximum absolute atomic E-state index is 12.1. The third-order valence-electron chi connectivity index (χ3n) is 2.46. The van der Waals surface area contributed by atoms with Crippen LogP contribution in [0.3, 0.4) is 0 Å². The van der Waals surface area contributed by atoms with Crippen LogP contribution in [0.5, 0.6) is 0 Å². The number of nitrogens with zero attached hydrogens (tertiary/aromatic N) is 2. The molecular weight excluding hydrogens is 246 g/mol. The van der Waals surface area contributed by atoms with Gasteiger partial charge >= 0.3 is 0 Å². The Labute approximate surface area is 104 Å². The van der Waals surface area contributed by atoms with Gasteiger partial charge in [-0.3, -0.25) is 4.21 Å². The van der Waals surface area contributed by atoms with E-state index in [9.17, 15) is 4.21 Å². The number of hydrogen-bond acceptors (Lipinski definition) is 4. The van der Waals surface area contributed by atoms with Crippen molar-refractivity contribution < 1.29 is 4.21 Å².